The third-order valence-corrected chi connectivity index (χ3v) is 1.44. The zero-order chi connectivity index (χ0) is 7.56. The van der Waals surface area contributed by atoms with Crippen molar-refractivity contribution < 1.29 is 8.78 Å². The van der Waals surface area contributed by atoms with Gasteiger partial charge in [-0.15, -0.1) is 0 Å². The molecule has 0 aliphatic carbocycles. The average molecular weight is 161 g/mol. The highest BCUT2D eigenvalue weighted by atomic mass is 32.1. The van der Waals surface area contributed by atoms with Gasteiger partial charge in [0.1, 0.15) is 0 Å². The molecule has 0 fully saturated rings. The highest BCUT2D eigenvalue weighted by Crippen LogP contribution is 2.10. The van der Waals surface area contributed by atoms with E-state index in [9.17, 15) is 8.78 Å². The van der Waals surface area contributed by atoms with Crippen molar-refractivity contribution in [3.8, 4) is 0 Å². The predicted molar refractivity (Wildman–Crippen MR) is 36.8 cm³/mol. The molecule has 1 aromatic rings. The van der Waals surface area contributed by atoms with Crippen LogP contribution in [0.15, 0.2) is 12.3 Å². The fraction of sp³-hybridized carbons (Fsp3) is 0.167. The van der Waals surface area contributed by atoms with E-state index in [2.05, 4.69) is 17.6 Å². The van der Waals surface area contributed by atoms with Crippen molar-refractivity contribution >= 4 is 12.6 Å². The molecule has 0 aliphatic rings. The van der Waals surface area contributed by atoms with E-state index in [-0.39, 0.29) is 11.3 Å². The fourth-order valence-corrected chi connectivity index (χ4v) is 0.821. The van der Waals surface area contributed by atoms with Crippen LogP contribution in [-0.4, -0.2) is 4.98 Å². The van der Waals surface area contributed by atoms with Crippen LogP contribution in [0.1, 0.15) is 5.56 Å². The molecule has 0 saturated carbocycles. The van der Waals surface area contributed by atoms with E-state index >= 15 is 0 Å². The van der Waals surface area contributed by atoms with Crippen LogP contribution in [-0.2, 0) is 5.75 Å². The molecule has 0 bridgehead atoms. The second kappa shape index (κ2) is 2.96. The molecule has 54 valence electrons. The van der Waals surface area contributed by atoms with Gasteiger partial charge in [-0.3, -0.25) is 0 Å². The van der Waals surface area contributed by atoms with E-state index in [4.69, 9.17) is 0 Å². The molecule has 0 amide bonds. The molecule has 0 saturated heterocycles. The maximum atomic E-state index is 12.5. The Balaban J connectivity index is 3.14. The number of hydrogen-bond donors (Lipinski definition) is 1. The van der Waals surface area contributed by atoms with Crippen LogP contribution in [0.2, 0.25) is 0 Å². The normalized spacial score (nSPS) is 9.90. The lowest BCUT2D eigenvalue weighted by Crippen LogP contribution is -1.93. The Kier molecular flexibility index (Phi) is 2.21. The molecule has 1 nitrogen and oxygen atoms in total. The predicted octanol–water partition coefficient (Wildman–Crippen LogP) is 1.79. The number of hydrogen-bond acceptors (Lipinski definition) is 2. The van der Waals surface area contributed by atoms with Gasteiger partial charge in [0.15, 0.2) is 5.82 Å². The summed E-state index contributed by atoms with van der Waals surface area (Å²) in [5.41, 5.74) is 0.232. The second-order valence-corrected chi connectivity index (χ2v) is 2.05. The summed E-state index contributed by atoms with van der Waals surface area (Å²) in [5.74, 6) is -1.78. The number of pyridine rings is 1. The summed E-state index contributed by atoms with van der Waals surface area (Å²) in [6.07, 6.45) is 1.21. The molecule has 1 heterocycles. The monoisotopic (exact) mass is 161 g/mol. The molecule has 10 heavy (non-hydrogen) atoms. The van der Waals surface area contributed by atoms with E-state index < -0.39 is 11.8 Å². The number of rotatable bonds is 1. The lowest BCUT2D eigenvalue weighted by molar-refractivity contribution is 0.474. The van der Waals surface area contributed by atoms with Crippen molar-refractivity contribution in [3.05, 3.63) is 29.6 Å². The molecule has 0 radical (unpaired) electrons. The minimum absolute atomic E-state index is 0.186. The Labute approximate surface area is 62.5 Å². The van der Waals surface area contributed by atoms with Crippen LogP contribution in [0.3, 0.4) is 0 Å². The van der Waals surface area contributed by atoms with Crippen LogP contribution >= 0.6 is 12.6 Å². The first kappa shape index (κ1) is 7.47. The van der Waals surface area contributed by atoms with Crippen LogP contribution in [0.5, 0.6) is 0 Å². The highest BCUT2D eigenvalue weighted by Gasteiger charge is 2.05. The Morgan fingerprint density at radius 2 is 2.20 bits per heavy atom. The summed E-state index contributed by atoms with van der Waals surface area (Å²) in [4.78, 5) is 3.11. The Morgan fingerprint density at radius 3 is 2.70 bits per heavy atom. The lowest BCUT2D eigenvalue weighted by atomic mass is 10.3. The van der Waals surface area contributed by atoms with Crippen molar-refractivity contribution in [2.75, 3.05) is 0 Å². The fourth-order valence-electron chi connectivity index (χ4n) is 0.577. The molecular formula is C6H5F2NS. The first-order valence-corrected chi connectivity index (χ1v) is 3.28. The number of aromatic nitrogens is 1. The van der Waals surface area contributed by atoms with Gasteiger partial charge in [0, 0.05) is 17.5 Å². The van der Waals surface area contributed by atoms with Gasteiger partial charge in [-0.2, -0.15) is 17.0 Å². The van der Waals surface area contributed by atoms with Gasteiger partial charge < -0.3 is 0 Å². The van der Waals surface area contributed by atoms with Gasteiger partial charge in [0.05, 0.1) is 0 Å². The number of nitrogens with zero attached hydrogens (tertiary/aromatic N) is 1. The highest BCUT2D eigenvalue weighted by molar-refractivity contribution is 7.79. The first-order valence-electron chi connectivity index (χ1n) is 2.65. The van der Waals surface area contributed by atoms with Gasteiger partial charge in [-0.25, -0.2) is 9.37 Å². The zero-order valence-electron chi connectivity index (χ0n) is 5.01. The Hall–Kier alpha value is -0.640. The van der Waals surface area contributed by atoms with Crippen molar-refractivity contribution in [2.24, 2.45) is 0 Å². The molecule has 0 atom stereocenters. The summed E-state index contributed by atoms with van der Waals surface area (Å²) >= 11 is 3.79. The van der Waals surface area contributed by atoms with Crippen LogP contribution < -0.4 is 0 Å². The third kappa shape index (κ3) is 1.26. The molecule has 1 rings (SSSR count). The molecule has 4 heteroatoms. The lowest BCUT2D eigenvalue weighted by Gasteiger charge is -1.96. The maximum Gasteiger partial charge on any atom is 0.249 e. The largest absolute Gasteiger partial charge is 0.249 e. The maximum absolute atomic E-state index is 12.5. The summed E-state index contributed by atoms with van der Waals surface area (Å²) < 4.78 is 24.8. The van der Waals surface area contributed by atoms with Crippen molar-refractivity contribution in [1.29, 1.82) is 0 Å². The minimum Gasteiger partial charge on any atom is -0.226 e. The summed E-state index contributed by atoms with van der Waals surface area (Å²) in [6.45, 7) is 0. The molecule has 0 unspecified atom stereocenters. The Morgan fingerprint density at radius 1 is 1.50 bits per heavy atom. The summed E-state index contributed by atoms with van der Waals surface area (Å²) in [7, 11) is 0. The van der Waals surface area contributed by atoms with Gasteiger partial charge in [-0.1, -0.05) is 0 Å². The topological polar surface area (TPSA) is 12.9 Å². The second-order valence-electron chi connectivity index (χ2n) is 1.73. The van der Waals surface area contributed by atoms with Crippen LogP contribution in [0.25, 0.3) is 0 Å². The summed E-state index contributed by atoms with van der Waals surface area (Å²) in [6, 6.07) is 1.39. The van der Waals surface area contributed by atoms with E-state index in [1.807, 2.05) is 0 Å². The van der Waals surface area contributed by atoms with Crippen LogP contribution in [0.4, 0.5) is 8.78 Å². The smallest absolute Gasteiger partial charge is 0.226 e. The molecule has 0 aromatic carbocycles. The Bertz CT molecular complexity index is 239. The molecular weight excluding hydrogens is 156 g/mol. The minimum atomic E-state index is -1.06. The van der Waals surface area contributed by atoms with Crippen LogP contribution in [0, 0.1) is 11.8 Å². The standard InChI is InChI=1S/C6H5F2NS/c7-5-4(3-10)1-2-9-6(5)8/h1-2,10H,3H2. The molecule has 0 aliphatic heterocycles. The summed E-state index contributed by atoms with van der Waals surface area (Å²) in [5, 5.41) is 0. The van der Waals surface area contributed by atoms with Crippen molar-refractivity contribution in [3.63, 3.8) is 0 Å². The van der Waals surface area contributed by atoms with E-state index in [0.29, 0.717) is 0 Å². The number of thiol groups is 1. The van der Waals surface area contributed by atoms with Gasteiger partial charge >= 0.3 is 0 Å². The number of halogens is 2. The van der Waals surface area contributed by atoms with E-state index in [1.54, 1.807) is 0 Å². The van der Waals surface area contributed by atoms with Crippen molar-refractivity contribution in [1.82, 2.24) is 4.98 Å². The molecule has 1 aromatic heterocycles. The van der Waals surface area contributed by atoms with Gasteiger partial charge in [0.25, 0.3) is 0 Å². The molecule has 0 N–H and O–H groups in total. The SMILES string of the molecule is Fc1nccc(CS)c1F. The van der Waals surface area contributed by atoms with Gasteiger partial charge in [-0.05, 0) is 6.07 Å². The first-order chi connectivity index (χ1) is 4.75. The van der Waals surface area contributed by atoms with E-state index in [1.165, 1.54) is 12.3 Å². The molecule has 0 spiro atoms. The van der Waals surface area contributed by atoms with Crippen molar-refractivity contribution in [2.45, 2.75) is 5.75 Å². The van der Waals surface area contributed by atoms with E-state index in [0.717, 1.165) is 0 Å². The zero-order valence-corrected chi connectivity index (χ0v) is 5.91. The van der Waals surface area contributed by atoms with Gasteiger partial charge in [0.2, 0.25) is 5.95 Å². The quantitative estimate of drug-likeness (QED) is 0.489. The third-order valence-electron chi connectivity index (χ3n) is 1.10. The average Bonchev–Trinajstić information content (AvgIpc) is 1.95.